The van der Waals surface area contributed by atoms with Crippen LogP contribution >= 0.6 is 0 Å². The Morgan fingerprint density at radius 2 is 1.88 bits per heavy atom. The summed E-state index contributed by atoms with van der Waals surface area (Å²) in [4.78, 5) is 0. The lowest BCUT2D eigenvalue weighted by molar-refractivity contribution is -0.297. The minimum atomic E-state index is -0.823. The first kappa shape index (κ1) is 12.0. The van der Waals surface area contributed by atoms with Gasteiger partial charge in [0.2, 0.25) is 0 Å². The van der Waals surface area contributed by atoms with Gasteiger partial charge in [-0.2, -0.15) is 0 Å². The Hall–Kier alpha value is -0.0800. The molecule has 2 N–H and O–H groups in total. The molecule has 17 heavy (non-hydrogen) atoms. The fourth-order valence-corrected chi connectivity index (χ4v) is 5.79. The van der Waals surface area contributed by atoms with Crippen LogP contribution < -0.4 is 0 Å². The Balaban J connectivity index is 2.12. The lowest BCUT2D eigenvalue weighted by atomic mass is 9.34. The Kier molecular flexibility index (Phi) is 2.30. The van der Waals surface area contributed by atoms with Crippen molar-refractivity contribution < 1.29 is 10.2 Å². The quantitative estimate of drug-likeness (QED) is 0.737. The van der Waals surface area contributed by atoms with E-state index in [0.717, 1.165) is 31.1 Å². The second-order valence-electron chi connectivity index (χ2n) is 7.43. The molecule has 0 aromatic rings. The molecule has 0 aliphatic heterocycles. The Bertz CT molecular complexity index is 342. The van der Waals surface area contributed by atoms with Crippen molar-refractivity contribution in [2.75, 3.05) is 6.61 Å². The third-order valence-electron chi connectivity index (χ3n) is 7.29. The molecule has 4 bridgehead atoms. The fourth-order valence-electron chi connectivity index (χ4n) is 5.79. The summed E-state index contributed by atoms with van der Waals surface area (Å²) in [7, 11) is 0. The summed E-state index contributed by atoms with van der Waals surface area (Å²) in [5.41, 5.74) is -0.666. The van der Waals surface area contributed by atoms with Crippen molar-refractivity contribution in [1.82, 2.24) is 0 Å². The maximum Gasteiger partial charge on any atom is 0.0963 e. The third-order valence-corrected chi connectivity index (χ3v) is 7.29. The van der Waals surface area contributed by atoms with Crippen LogP contribution in [-0.2, 0) is 0 Å². The first-order valence-electron chi connectivity index (χ1n) is 7.22. The Morgan fingerprint density at radius 3 is 2.53 bits per heavy atom. The predicted molar refractivity (Wildman–Crippen MR) is 67.5 cm³/mol. The summed E-state index contributed by atoms with van der Waals surface area (Å²) in [6.45, 7) is 6.95. The molecule has 0 saturated heterocycles. The van der Waals surface area contributed by atoms with Gasteiger partial charge < -0.3 is 10.2 Å². The maximum atomic E-state index is 11.0. The van der Waals surface area contributed by atoms with E-state index in [1.165, 1.54) is 12.8 Å². The largest absolute Gasteiger partial charge is 0.393 e. The summed E-state index contributed by atoms with van der Waals surface area (Å²) in [6, 6.07) is 0. The monoisotopic (exact) mass is 238 g/mol. The zero-order valence-electron chi connectivity index (χ0n) is 11.4. The number of hydrogen-bond acceptors (Lipinski definition) is 2. The van der Waals surface area contributed by atoms with Crippen molar-refractivity contribution in [1.29, 1.82) is 0 Å². The van der Waals surface area contributed by atoms with Crippen LogP contribution in [0.25, 0.3) is 0 Å². The molecule has 0 spiro atoms. The predicted octanol–water partition coefficient (Wildman–Crippen LogP) is 2.58. The van der Waals surface area contributed by atoms with E-state index >= 15 is 0 Å². The molecule has 0 unspecified atom stereocenters. The first-order valence-corrected chi connectivity index (χ1v) is 7.22. The van der Waals surface area contributed by atoms with Gasteiger partial charge in [0.05, 0.1) is 12.2 Å². The SMILES string of the molecule is C[C@H]1CC[C@]2(C)[C@]3(C)CC[C@H](C[C@@H]13)[C@@]2(O)CO. The maximum absolute atomic E-state index is 11.0. The van der Waals surface area contributed by atoms with Gasteiger partial charge in [-0.3, -0.25) is 0 Å². The molecule has 0 aromatic heterocycles. The van der Waals surface area contributed by atoms with E-state index in [2.05, 4.69) is 20.8 Å². The van der Waals surface area contributed by atoms with Crippen LogP contribution in [0.4, 0.5) is 0 Å². The van der Waals surface area contributed by atoms with Crippen LogP contribution in [-0.4, -0.2) is 22.4 Å². The lowest BCUT2D eigenvalue weighted by Gasteiger charge is -2.72. The van der Waals surface area contributed by atoms with Crippen LogP contribution in [0, 0.1) is 28.6 Å². The summed E-state index contributed by atoms with van der Waals surface area (Å²) in [5.74, 6) is 1.87. The topological polar surface area (TPSA) is 40.5 Å². The van der Waals surface area contributed by atoms with Gasteiger partial charge in [-0.1, -0.05) is 20.8 Å². The number of aliphatic hydroxyl groups is 2. The zero-order chi connectivity index (χ0) is 12.5. The van der Waals surface area contributed by atoms with Crippen LogP contribution in [0.3, 0.4) is 0 Å². The highest BCUT2D eigenvalue weighted by Gasteiger charge is 2.70. The minimum absolute atomic E-state index is 0.0507. The smallest absolute Gasteiger partial charge is 0.0963 e. The molecule has 0 radical (unpaired) electrons. The zero-order valence-corrected chi connectivity index (χ0v) is 11.4. The van der Waals surface area contributed by atoms with Gasteiger partial charge in [0.15, 0.2) is 0 Å². The van der Waals surface area contributed by atoms with Crippen LogP contribution in [0.5, 0.6) is 0 Å². The van der Waals surface area contributed by atoms with Gasteiger partial charge in [-0.05, 0) is 55.3 Å². The summed E-state index contributed by atoms with van der Waals surface area (Å²) in [6.07, 6.45) is 5.77. The van der Waals surface area contributed by atoms with Gasteiger partial charge >= 0.3 is 0 Å². The number of fused-ring (bicyclic) bond motifs is 1. The first-order chi connectivity index (χ1) is 7.89. The van der Waals surface area contributed by atoms with E-state index in [9.17, 15) is 10.2 Å². The molecular weight excluding hydrogens is 212 g/mol. The van der Waals surface area contributed by atoms with E-state index in [1.54, 1.807) is 0 Å². The second kappa shape index (κ2) is 3.27. The molecule has 2 heteroatoms. The van der Waals surface area contributed by atoms with Gasteiger partial charge in [-0.25, -0.2) is 0 Å². The van der Waals surface area contributed by atoms with Crippen molar-refractivity contribution in [3.05, 3.63) is 0 Å². The average Bonchev–Trinajstić information content (AvgIpc) is 2.32. The van der Waals surface area contributed by atoms with Crippen LogP contribution in [0.1, 0.15) is 52.9 Å². The van der Waals surface area contributed by atoms with Gasteiger partial charge in [0.25, 0.3) is 0 Å². The summed E-state index contributed by atoms with van der Waals surface area (Å²) >= 11 is 0. The summed E-state index contributed by atoms with van der Waals surface area (Å²) in [5, 5.41) is 20.8. The van der Waals surface area contributed by atoms with Crippen molar-refractivity contribution in [2.45, 2.75) is 58.5 Å². The molecule has 0 amide bonds. The lowest BCUT2D eigenvalue weighted by Crippen LogP contribution is -2.72. The third kappa shape index (κ3) is 1.10. The molecule has 2 nitrogen and oxygen atoms in total. The highest BCUT2D eigenvalue weighted by molar-refractivity contribution is 5.20. The van der Waals surface area contributed by atoms with Crippen LogP contribution in [0.15, 0.2) is 0 Å². The Labute approximate surface area is 104 Å². The molecule has 0 aromatic carbocycles. The van der Waals surface area contributed by atoms with E-state index in [-0.39, 0.29) is 17.4 Å². The molecular formula is C15H26O2. The normalized spacial score (nSPS) is 61.6. The van der Waals surface area contributed by atoms with Crippen molar-refractivity contribution in [3.8, 4) is 0 Å². The van der Waals surface area contributed by atoms with E-state index in [1.807, 2.05) is 0 Å². The molecule has 4 aliphatic carbocycles. The fraction of sp³-hybridized carbons (Fsp3) is 1.00. The highest BCUT2D eigenvalue weighted by atomic mass is 16.3. The second-order valence-corrected chi connectivity index (χ2v) is 7.43. The summed E-state index contributed by atoms with van der Waals surface area (Å²) < 4.78 is 0. The number of aliphatic hydroxyl groups excluding tert-OH is 1. The van der Waals surface area contributed by atoms with Gasteiger partial charge in [0.1, 0.15) is 0 Å². The van der Waals surface area contributed by atoms with Crippen molar-refractivity contribution in [3.63, 3.8) is 0 Å². The molecule has 4 rings (SSSR count). The van der Waals surface area contributed by atoms with Crippen molar-refractivity contribution >= 4 is 0 Å². The van der Waals surface area contributed by atoms with Crippen LogP contribution in [0.2, 0.25) is 0 Å². The highest BCUT2D eigenvalue weighted by Crippen LogP contribution is 2.72. The van der Waals surface area contributed by atoms with E-state index < -0.39 is 5.60 Å². The van der Waals surface area contributed by atoms with E-state index in [4.69, 9.17) is 0 Å². The minimum Gasteiger partial charge on any atom is -0.393 e. The molecule has 6 atom stereocenters. The number of rotatable bonds is 1. The Morgan fingerprint density at radius 1 is 1.18 bits per heavy atom. The van der Waals surface area contributed by atoms with Gasteiger partial charge in [0, 0.05) is 5.41 Å². The molecule has 4 saturated carbocycles. The van der Waals surface area contributed by atoms with Gasteiger partial charge in [-0.15, -0.1) is 0 Å². The standard InChI is InChI=1S/C15H26O2/c1-10-4-7-14(3)13(2)6-5-11(8-12(10)13)15(14,17)9-16/h10-12,16-17H,4-9H2,1-3H3/t10-,11+,12-,13+,14+,15-/m0/s1. The number of hydrogen-bond donors (Lipinski definition) is 2. The van der Waals surface area contributed by atoms with E-state index in [0.29, 0.717) is 5.92 Å². The molecule has 0 heterocycles. The van der Waals surface area contributed by atoms with Crippen molar-refractivity contribution in [2.24, 2.45) is 28.6 Å². The molecule has 4 fully saturated rings. The molecule has 4 aliphatic rings. The molecule has 98 valence electrons. The average molecular weight is 238 g/mol.